The highest BCUT2D eigenvalue weighted by atomic mass is 16.3. The van der Waals surface area contributed by atoms with Crippen molar-refractivity contribution in [1.82, 2.24) is 10.6 Å². The molecule has 0 aliphatic carbocycles. The van der Waals surface area contributed by atoms with Crippen molar-refractivity contribution in [2.24, 2.45) is 0 Å². The highest BCUT2D eigenvalue weighted by molar-refractivity contribution is 5.72. The van der Waals surface area contributed by atoms with E-state index in [-0.39, 0.29) is 18.1 Å². The van der Waals surface area contributed by atoms with Gasteiger partial charge >= 0.3 is 0 Å². The average molecular weight is 291 g/mol. The molecular weight excluding hydrogens is 266 g/mol. The number of carbonyl (C=O) groups is 1. The van der Waals surface area contributed by atoms with Crippen LogP contribution in [0.3, 0.4) is 0 Å². The lowest BCUT2D eigenvalue weighted by Crippen LogP contribution is -2.60. The number of anilines is 1. The number of benzene rings is 1. The Labute approximate surface area is 126 Å². The fourth-order valence-corrected chi connectivity index (χ4v) is 2.63. The number of hydrogen-bond donors (Lipinski definition) is 3. The summed E-state index contributed by atoms with van der Waals surface area (Å²) in [5.41, 5.74) is 2.16. The zero-order chi connectivity index (χ0) is 15.3. The molecule has 3 N–H and O–H groups in total. The maximum Gasteiger partial charge on any atom is 0.216 e. The van der Waals surface area contributed by atoms with Crippen molar-refractivity contribution in [2.45, 2.75) is 25.8 Å². The Balaban J connectivity index is 1.94. The molecule has 5 heteroatoms. The fraction of sp³-hybridized carbons (Fsp3) is 0.562. The Kier molecular flexibility index (Phi) is 5.20. The molecule has 1 aliphatic heterocycles. The van der Waals surface area contributed by atoms with Crippen molar-refractivity contribution in [2.75, 3.05) is 37.7 Å². The predicted octanol–water partition coefficient (Wildman–Crippen LogP) is 0.526. The number of aliphatic hydroxyl groups is 1. The number of rotatable bonds is 5. The number of nitrogens with zero attached hydrogens (tertiary/aromatic N) is 1. The Hall–Kier alpha value is -1.59. The molecule has 0 radical (unpaired) electrons. The SMILES string of the molecule is CC(=O)NCCc1ccc(N2CCN[C@@](C)(CO)C2)cc1. The molecule has 1 aliphatic rings. The van der Waals surface area contributed by atoms with Gasteiger partial charge in [-0.3, -0.25) is 4.79 Å². The summed E-state index contributed by atoms with van der Waals surface area (Å²) in [6.45, 7) is 7.01. The first kappa shape index (κ1) is 15.8. The van der Waals surface area contributed by atoms with Gasteiger partial charge < -0.3 is 20.6 Å². The quantitative estimate of drug-likeness (QED) is 0.740. The number of carbonyl (C=O) groups excluding carboxylic acids is 1. The highest BCUT2D eigenvalue weighted by Crippen LogP contribution is 2.20. The van der Waals surface area contributed by atoms with E-state index in [0.29, 0.717) is 6.54 Å². The Morgan fingerprint density at radius 1 is 1.43 bits per heavy atom. The van der Waals surface area contributed by atoms with Gasteiger partial charge in [-0.05, 0) is 31.0 Å². The zero-order valence-corrected chi connectivity index (χ0v) is 12.9. The Bertz CT molecular complexity index is 475. The lowest BCUT2D eigenvalue weighted by molar-refractivity contribution is -0.118. The molecular formula is C16H25N3O2. The molecule has 1 aromatic carbocycles. The molecule has 1 heterocycles. The van der Waals surface area contributed by atoms with E-state index in [2.05, 4.69) is 39.8 Å². The summed E-state index contributed by atoms with van der Waals surface area (Å²) in [6.07, 6.45) is 0.843. The van der Waals surface area contributed by atoms with Crippen LogP contribution >= 0.6 is 0 Å². The van der Waals surface area contributed by atoms with E-state index in [4.69, 9.17) is 0 Å². The predicted molar refractivity (Wildman–Crippen MR) is 84.5 cm³/mol. The van der Waals surface area contributed by atoms with Gasteiger partial charge in [0.05, 0.1) is 12.1 Å². The van der Waals surface area contributed by atoms with E-state index in [9.17, 15) is 9.90 Å². The molecule has 0 aromatic heterocycles. The van der Waals surface area contributed by atoms with Crippen molar-refractivity contribution < 1.29 is 9.90 Å². The molecule has 1 aromatic rings. The van der Waals surface area contributed by atoms with Crippen LogP contribution in [-0.2, 0) is 11.2 Å². The van der Waals surface area contributed by atoms with Crippen LogP contribution in [0.5, 0.6) is 0 Å². The van der Waals surface area contributed by atoms with Crippen LogP contribution in [0.15, 0.2) is 24.3 Å². The van der Waals surface area contributed by atoms with Gasteiger partial charge in [0, 0.05) is 38.8 Å². The van der Waals surface area contributed by atoms with Gasteiger partial charge in [0.2, 0.25) is 5.91 Å². The van der Waals surface area contributed by atoms with Crippen LogP contribution in [-0.4, -0.2) is 49.3 Å². The first-order valence-electron chi connectivity index (χ1n) is 7.47. The molecule has 1 amide bonds. The van der Waals surface area contributed by atoms with Crippen LogP contribution in [0.1, 0.15) is 19.4 Å². The molecule has 0 bridgehead atoms. The smallest absolute Gasteiger partial charge is 0.216 e. The lowest BCUT2D eigenvalue weighted by Gasteiger charge is -2.41. The Morgan fingerprint density at radius 3 is 2.76 bits per heavy atom. The third-order valence-electron chi connectivity index (χ3n) is 3.91. The first-order valence-corrected chi connectivity index (χ1v) is 7.47. The zero-order valence-electron chi connectivity index (χ0n) is 12.9. The van der Waals surface area contributed by atoms with Gasteiger partial charge in [0.25, 0.3) is 0 Å². The van der Waals surface area contributed by atoms with Crippen molar-refractivity contribution >= 4 is 11.6 Å². The van der Waals surface area contributed by atoms with Crippen molar-refractivity contribution in [1.29, 1.82) is 0 Å². The molecule has 5 nitrogen and oxygen atoms in total. The summed E-state index contributed by atoms with van der Waals surface area (Å²) < 4.78 is 0. The average Bonchev–Trinajstić information content (AvgIpc) is 2.48. The number of piperazine rings is 1. The molecule has 0 unspecified atom stereocenters. The van der Waals surface area contributed by atoms with E-state index < -0.39 is 0 Å². The molecule has 1 atom stereocenters. The standard InChI is InChI=1S/C16H25N3O2/c1-13(21)17-8-7-14-3-5-15(6-4-14)19-10-9-18-16(2,11-19)12-20/h3-6,18,20H,7-12H2,1-2H3,(H,17,21)/t16-/m1/s1. The summed E-state index contributed by atoms with van der Waals surface area (Å²) >= 11 is 0. The third-order valence-corrected chi connectivity index (χ3v) is 3.91. The molecule has 0 spiro atoms. The molecule has 116 valence electrons. The van der Waals surface area contributed by atoms with Crippen LogP contribution in [0, 0.1) is 0 Å². The van der Waals surface area contributed by atoms with Crippen molar-refractivity contribution in [3.63, 3.8) is 0 Å². The lowest BCUT2D eigenvalue weighted by atomic mass is 9.99. The second kappa shape index (κ2) is 6.91. The largest absolute Gasteiger partial charge is 0.394 e. The van der Waals surface area contributed by atoms with Crippen molar-refractivity contribution in [3.8, 4) is 0 Å². The Morgan fingerprint density at radius 2 is 2.14 bits per heavy atom. The minimum atomic E-state index is -0.234. The summed E-state index contributed by atoms with van der Waals surface area (Å²) in [7, 11) is 0. The van der Waals surface area contributed by atoms with Gasteiger partial charge in [-0.1, -0.05) is 12.1 Å². The normalized spacial score (nSPS) is 22.1. The maximum absolute atomic E-state index is 10.8. The van der Waals surface area contributed by atoms with E-state index in [1.165, 1.54) is 18.2 Å². The number of hydrogen-bond acceptors (Lipinski definition) is 4. The molecule has 0 saturated carbocycles. The van der Waals surface area contributed by atoms with Crippen LogP contribution in [0.2, 0.25) is 0 Å². The number of aliphatic hydroxyl groups excluding tert-OH is 1. The summed E-state index contributed by atoms with van der Waals surface area (Å²) in [5.74, 6) is 0.00993. The van der Waals surface area contributed by atoms with Crippen LogP contribution in [0.4, 0.5) is 5.69 Å². The van der Waals surface area contributed by atoms with Crippen LogP contribution in [0.25, 0.3) is 0 Å². The van der Waals surface area contributed by atoms with E-state index in [1.807, 2.05) is 6.92 Å². The van der Waals surface area contributed by atoms with E-state index in [1.54, 1.807) is 0 Å². The highest BCUT2D eigenvalue weighted by Gasteiger charge is 2.29. The topological polar surface area (TPSA) is 64.6 Å². The van der Waals surface area contributed by atoms with Gasteiger partial charge in [0.1, 0.15) is 0 Å². The second-order valence-electron chi connectivity index (χ2n) is 5.97. The summed E-state index contributed by atoms with van der Waals surface area (Å²) in [4.78, 5) is 13.1. The molecule has 1 fully saturated rings. The van der Waals surface area contributed by atoms with E-state index in [0.717, 1.165) is 26.1 Å². The van der Waals surface area contributed by atoms with E-state index >= 15 is 0 Å². The minimum Gasteiger partial charge on any atom is -0.394 e. The third kappa shape index (κ3) is 4.44. The van der Waals surface area contributed by atoms with Crippen LogP contribution < -0.4 is 15.5 Å². The number of nitrogens with one attached hydrogen (secondary N) is 2. The molecule has 1 saturated heterocycles. The first-order chi connectivity index (χ1) is 10.0. The summed E-state index contributed by atoms with van der Waals surface area (Å²) in [5, 5.41) is 15.6. The van der Waals surface area contributed by atoms with Gasteiger partial charge in [-0.15, -0.1) is 0 Å². The van der Waals surface area contributed by atoms with Gasteiger partial charge in [-0.25, -0.2) is 0 Å². The van der Waals surface area contributed by atoms with Crippen molar-refractivity contribution in [3.05, 3.63) is 29.8 Å². The number of amides is 1. The monoisotopic (exact) mass is 291 g/mol. The minimum absolute atomic E-state index is 0.00993. The summed E-state index contributed by atoms with van der Waals surface area (Å²) in [6, 6.07) is 8.45. The fourth-order valence-electron chi connectivity index (χ4n) is 2.63. The molecule has 2 rings (SSSR count). The van der Waals surface area contributed by atoms with Gasteiger partial charge in [-0.2, -0.15) is 0 Å². The molecule has 21 heavy (non-hydrogen) atoms. The second-order valence-corrected chi connectivity index (χ2v) is 5.97. The maximum atomic E-state index is 10.8. The van der Waals surface area contributed by atoms with Gasteiger partial charge in [0.15, 0.2) is 0 Å².